The number of benzene rings is 2. The van der Waals surface area contributed by atoms with Crippen LogP contribution in [0.1, 0.15) is 68.7 Å². The minimum atomic E-state index is -2.74. The van der Waals surface area contributed by atoms with Crippen LogP contribution in [-0.4, -0.2) is 43.0 Å². The molecule has 0 bridgehead atoms. The standard InChI is InChI=1S/C32H45NO4Si/c1-10-27(24(4)21-22-28(34)33-29(23(2)3)32(8,9)36-30(33)35)37-38(31(5,6)7,25-17-13-11-14-18-25)26-19-15-12-16-20-26/h11-24,27,29H,10H2,1-9H3/b22-21+/t24-,27+,29+/m1/s1. The summed E-state index contributed by atoms with van der Waals surface area (Å²) in [6.45, 7) is 18.7. The number of rotatable bonds is 9. The van der Waals surface area contributed by atoms with Crippen molar-refractivity contribution in [2.75, 3.05) is 0 Å². The van der Waals surface area contributed by atoms with Gasteiger partial charge in [-0.3, -0.25) is 4.79 Å². The highest BCUT2D eigenvalue weighted by Crippen LogP contribution is 2.39. The van der Waals surface area contributed by atoms with E-state index in [1.165, 1.54) is 21.3 Å². The van der Waals surface area contributed by atoms with Gasteiger partial charge in [0.05, 0.1) is 12.1 Å². The van der Waals surface area contributed by atoms with Gasteiger partial charge >= 0.3 is 6.09 Å². The maximum absolute atomic E-state index is 13.3. The van der Waals surface area contributed by atoms with Crippen molar-refractivity contribution < 1.29 is 18.8 Å². The molecule has 6 heteroatoms. The van der Waals surface area contributed by atoms with Gasteiger partial charge < -0.3 is 9.16 Å². The van der Waals surface area contributed by atoms with Gasteiger partial charge in [-0.1, -0.05) is 115 Å². The molecule has 2 amide bonds. The van der Waals surface area contributed by atoms with Crippen molar-refractivity contribution in [1.29, 1.82) is 0 Å². The number of imide groups is 1. The monoisotopic (exact) mass is 535 g/mol. The van der Waals surface area contributed by atoms with Crippen LogP contribution in [-0.2, 0) is 14.0 Å². The number of hydrogen-bond donors (Lipinski definition) is 0. The summed E-state index contributed by atoms with van der Waals surface area (Å²) in [5.41, 5.74) is -0.724. The van der Waals surface area contributed by atoms with Crippen molar-refractivity contribution in [2.24, 2.45) is 11.8 Å². The second-order valence-corrected chi connectivity index (χ2v) is 16.6. The van der Waals surface area contributed by atoms with Gasteiger partial charge in [0.2, 0.25) is 0 Å². The summed E-state index contributed by atoms with van der Waals surface area (Å²) in [6.07, 6.45) is 3.52. The summed E-state index contributed by atoms with van der Waals surface area (Å²) >= 11 is 0. The zero-order valence-corrected chi connectivity index (χ0v) is 25.5. The van der Waals surface area contributed by atoms with Gasteiger partial charge in [-0.25, -0.2) is 9.69 Å². The first kappa shape index (κ1) is 29.8. The molecule has 0 N–H and O–H groups in total. The van der Waals surface area contributed by atoms with E-state index in [1.54, 1.807) is 0 Å². The molecule has 0 saturated carbocycles. The number of ether oxygens (including phenoxy) is 1. The van der Waals surface area contributed by atoms with Crippen LogP contribution in [0.4, 0.5) is 4.79 Å². The van der Waals surface area contributed by atoms with Crippen molar-refractivity contribution in [1.82, 2.24) is 4.90 Å². The third kappa shape index (κ3) is 5.81. The van der Waals surface area contributed by atoms with Crippen LogP contribution < -0.4 is 10.4 Å². The van der Waals surface area contributed by atoms with Crippen LogP contribution in [0.5, 0.6) is 0 Å². The Morgan fingerprint density at radius 3 is 1.95 bits per heavy atom. The van der Waals surface area contributed by atoms with Crippen LogP contribution in [0.15, 0.2) is 72.8 Å². The molecule has 2 aromatic carbocycles. The first-order chi connectivity index (χ1) is 17.8. The van der Waals surface area contributed by atoms with E-state index in [1.807, 2.05) is 45.9 Å². The summed E-state index contributed by atoms with van der Waals surface area (Å²) < 4.78 is 12.9. The molecule has 3 atom stereocenters. The van der Waals surface area contributed by atoms with Crippen LogP contribution in [0.3, 0.4) is 0 Å². The Morgan fingerprint density at radius 1 is 1.03 bits per heavy atom. The van der Waals surface area contributed by atoms with Crippen LogP contribution in [0.25, 0.3) is 0 Å². The average Bonchev–Trinajstić information content (AvgIpc) is 3.11. The van der Waals surface area contributed by atoms with Crippen molar-refractivity contribution in [3.63, 3.8) is 0 Å². The number of nitrogens with zero attached hydrogens (tertiary/aromatic N) is 1. The lowest BCUT2D eigenvalue weighted by Gasteiger charge is -2.46. The normalized spacial score (nSPS) is 19.6. The van der Waals surface area contributed by atoms with Gasteiger partial charge in [0, 0.05) is 6.08 Å². The largest absolute Gasteiger partial charge is 0.441 e. The highest BCUT2D eigenvalue weighted by Gasteiger charge is 2.52. The number of hydrogen-bond acceptors (Lipinski definition) is 4. The van der Waals surface area contributed by atoms with Gasteiger partial charge in [-0.15, -0.1) is 0 Å². The second-order valence-electron chi connectivity index (χ2n) is 12.3. The van der Waals surface area contributed by atoms with Crippen molar-refractivity contribution in [2.45, 2.75) is 91.5 Å². The Morgan fingerprint density at radius 2 is 1.53 bits per heavy atom. The van der Waals surface area contributed by atoms with Crippen LogP contribution in [0, 0.1) is 11.8 Å². The van der Waals surface area contributed by atoms with E-state index in [4.69, 9.17) is 9.16 Å². The minimum Gasteiger partial charge on any atom is -0.441 e. The zero-order chi connectivity index (χ0) is 28.3. The zero-order valence-electron chi connectivity index (χ0n) is 24.5. The predicted octanol–water partition coefficient (Wildman–Crippen LogP) is 6.32. The molecular weight excluding hydrogens is 490 g/mol. The number of carbonyl (C=O) groups is 2. The fraction of sp³-hybridized carbons (Fsp3) is 0.500. The van der Waals surface area contributed by atoms with Crippen molar-refractivity contribution >= 4 is 30.7 Å². The minimum absolute atomic E-state index is 0.0465. The molecule has 0 spiro atoms. The third-order valence-electron chi connectivity index (χ3n) is 7.68. The Balaban J connectivity index is 1.95. The van der Waals surface area contributed by atoms with Crippen LogP contribution in [0.2, 0.25) is 5.04 Å². The quantitative estimate of drug-likeness (QED) is 0.279. The molecule has 3 rings (SSSR count). The van der Waals surface area contributed by atoms with Gasteiger partial charge in [-0.05, 0) is 47.5 Å². The summed E-state index contributed by atoms with van der Waals surface area (Å²) in [5.74, 6) is -0.311. The maximum Gasteiger partial charge on any atom is 0.417 e. The summed E-state index contributed by atoms with van der Waals surface area (Å²) in [5, 5.41) is 2.31. The maximum atomic E-state index is 13.3. The summed E-state index contributed by atoms with van der Waals surface area (Å²) in [6, 6.07) is 20.8. The fourth-order valence-electron chi connectivity index (χ4n) is 6.01. The topological polar surface area (TPSA) is 55.8 Å². The first-order valence-electron chi connectivity index (χ1n) is 13.8. The molecule has 1 heterocycles. The molecule has 0 aromatic heterocycles. The number of cyclic esters (lactones) is 1. The van der Waals surface area contributed by atoms with Gasteiger partial charge in [0.1, 0.15) is 5.60 Å². The molecule has 38 heavy (non-hydrogen) atoms. The lowest BCUT2D eigenvalue weighted by atomic mass is 9.89. The van der Waals surface area contributed by atoms with E-state index < -0.39 is 20.0 Å². The number of carbonyl (C=O) groups excluding carboxylic acids is 2. The Bertz CT molecular complexity index is 1080. The molecule has 1 aliphatic heterocycles. The summed E-state index contributed by atoms with van der Waals surface area (Å²) in [4.78, 5) is 27.2. The van der Waals surface area contributed by atoms with Gasteiger partial charge in [0.15, 0.2) is 0 Å². The predicted molar refractivity (Wildman–Crippen MR) is 157 cm³/mol. The fourth-order valence-corrected chi connectivity index (χ4v) is 10.9. The van der Waals surface area contributed by atoms with Gasteiger partial charge in [0.25, 0.3) is 14.2 Å². The van der Waals surface area contributed by atoms with E-state index in [2.05, 4.69) is 83.1 Å². The molecule has 0 unspecified atom stereocenters. The highest BCUT2D eigenvalue weighted by atomic mass is 28.4. The van der Waals surface area contributed by atoms with E-state index >= 15 is 0 Å². The van der Waals surface area contributed by atoms with E-state index in [0.29, 0.717) is 0 Å². The van der Waals surface area contributed by atoms with Crippen molar-refractivity contribution in [3.05, 3.63) is 72.8 Å². The number of amides is 2. The molecule has 2 aromatic rings. The highest BCUT2D eigenvalue weighted by molar-refractivity contribution is 6.99. The second kappa shape index (κ2) is 11.6. The van der Waals surface area contributed by atoms with Crippen LogP contribution >= 0.6 is 0 Å². The Kier molecular flexibility index (Phi) is 9.10. The molecule has 1 aliphatic rings. The molecular formula is C32H45NO4Si. The van der Waals surface area contributed by atoms with E-state index in [0.717, 1.165) is 6.42 Å². The Labute approximate surface area is 230 Å². The smallest absolute Gasteiger partial charge is 0.417 e. The van der Waals surface area contributed by atoms with E-state index in [-0.39, 0.29) is 34.9 Å². The molecule has 1 fully saturated rings. The molecule has 206 valence electrons. The average molecular weight is 536 g/mol. The lowest BCUT2D eigenvalue weighted by Crippen LogP contribution is -2.68. The molecule has 0 aliphatic carbocycles. The van der Waals surface area contributed by atoms with E-state index in [9.17, 15) is 9.59 Å². The van der Waals surface area contributed by atoms with Gasteiger partial charge in [-0.2, -0.15) is 0 Å². The lowest BCUT2D eigenvalue weighted by molar-refractivity contribution is -0.125. The molecule has 5 nitrogen and oxygen atoms in total. The summed E-state index contributed by atoms with van der Waals surface area (Å²) in [7, 11) is -2.74. The molecule has 1 saturated heterocycles. The SMILES string of the molecule is CC[C@H](O[Si](c1ccccc1)(c1ccccc1)C(C)(C)C)[C@H](C)/C=C/C(=O)N1C(=O)OC(C)(C)[C@@H]1C(C)C. The van der Waals surface area contributed by atoms with Crippen molar-refractivity contribution in [3.8, 4) is 0 Å². The first-order valence-corrected chi connectivity index (χ1v) is 15.7. The Hall–Kier alpha value is -2.70. The third-order valence-corrected chi connectivity index (χ3v) is 12.7. The molecule has 0 radical (unpaired) electrons.